The summed E-state index contributed by atoms with van der Waals surface area (Å²) in [6, 6.07) is 9.85. The van der Waals surface area contributed by atoms with Crippen molar-refractivity contribution < 1.29 is 44.6 Å². The number of halogens is 3. The van der Waals surface area contributed by atoms with Crippen molar-refractivity contribution in [1.82, 2.24) is 14.3 Å². The van der Waals surface area contributed by atoms with Crippen LogP contribution in [-0.2, 0) is 31.4 Å². The van der Waals surface area contributed by atoms with Gasteiger partial charge in [0.1, 0.15) is 17.1 Å². The quantitative estimate of drug-likeness (QED) is 0.255. The highest BCUT2D eigenvalue weighted by Crippen LogP contribution is 2.33. The number of nitrogens with one attached hydrogen (secondary N) is 3. The fraction of sp³-hybridized carbons (Fsp3) is 0.462. The number of ether oxygens (including phenoxy) is 1. The fourth-order valence-electron chi connectivity index (χ4n) is 4.85. The average Bonchev–Trinajstić information content (AvgIpc) is 3.22. The second-order valence-corrected chi connectivity index (χ2v) is 13.8. The van der Waals surface area contributed by atoms with Gasteiger partial charge in [-0.25, -0.2) is 12.7 Å². The Labute approximate surface area is 247 Å². The number of alkyl halides is 3. The lowest BCUT2D eigenvalue weighted by Gasteiger charge is -2.34. The van der Waals surface area contributed by atoms with Crippen molar-refractivity contribution in [3.05, 3.63) is 59.2 Å². The van der Waals surface area contributed by atoms with Gasteiger partial charge in [0, 0.05) is 31.8 Å². The molecule has 236 valence electrons. The predicted molar refractivity (Wildman–Crippen MR) is 152 cm³/mol. The molecule has 2 aromatic carbocycles. The Morgan fingerprint density at radius 2 is 1.84 bits per heavy atom. The second kappa shape index (κ2) is 12.8. The van der Waals surface area contributed by atoms with Crippen molar-refractivity contribution in [2.45, 2.75) is 44.5 Å². The Morgan fingerprint density at radius 1 is 1.12 bits per heavy atom. The molecule has 43 heavy (non-hydrogen) atoms. The standard InChI is InChI=1S/C26H32F3N5O7S2/c1-18-16-21(33-43(39,40)30-11-3-14-35)7-6-19(18)8-15-42(37,38)34-12-9-25(10-13-34)24(36)31-23(32-25)20-4-2-5-22(17-20)41-26(27,28)29/h2,4-7,16-17,30,33,35H,3,8-15H2,1H3,(H,31,32,36). The normalized spacial score (nSPS) is 17.5. The summed E-state index contributed by atoms with van der Waals surface area (Å²) in [7, 11) is -7.54. The maximum absolute atomic E-state index is 13.1. The summed E-state index contributed by atoms with van der Waals surface area (Å²) in [6.45, 7) is 1.73. The lowest BCUT2D eigenvalue weighted by Crippen LogP contribution is -2.50. The number of hydrogen-bond acceptors (Lipinski definition) is 8. The molecule has 0 saturated carbocycles. The Balaban J connectivity index is 1.35. The number of aliphatic imine (C=N–C) groups is 1. The summed E-state index contributed by atoms with van der Waals surface area (Å²) in [4.78, 5) is 17.3. The number of piperidine rings is 1. The van der Waals surface area contributed by atoms with Gasteiger partial charge in [-0.2, -0.15) is 13.1 Å². The third-order valence-corrected chi connectivity index (χ3v) is 10.1. The van der Waals surface area contributed by atoms with Gasteiger partial charge in [-0.3, -0.25) is 14.5 Å². The minimum atomic E-state index is -4.87. The van der Waals surface area contributed by atoms with Gasteiger partial charge >= 0.3 is 6.36 Å². The van der Waals surface area contributed by atoms with Crippen LogP contribution in [0.15, 0.2) is 47.5 Å². The van der Waals surface area contributed by atoms with Crippen molar-refractivity contribution in [3.63, 3.8) is 0 Å². The molecule has 4 rings (SSSR count). The van der Waals surface area contributed by atoms with E-state index in [1.165, 1.54) is 22.5 Å². The lowest BCUT2D eigenvalue weighted by molar-refractivity contribution is -0.274. The zero-order valence-electron chi connectivity index (χ0n) is 23.1. The van der Waals surface area contributed by atoms with Crippen LogP contribution in [0.4, 0.5) is 18.9 Å². The van der Waals surface area contributed by atoms with E-state index in [9.17, 15) is 34.8 Å². The number of rotatable bonds is 12. The average molecular weight is 648 g/mol. The Hall–Kier alpha value is -3.25. The number of amidine groups is 1. The Kier molecular flexibility index (Phi) is 9.70. The number of hydrogen-bond donors (Lipinski definition) is 4. The van der Waals surface area contributed by atoms with Crippen LogP contribution in [0.2, 0.25) is 0 Å². The molecule has 17 heteroatoms. The summed E-state index contributed by atoms with van der Waals surface area (Å²) in [5, 5.41) is 11.4. The van der Waals surface area contributed by atoms with E-state index >= 15 is 0 Å². The number of sulfonamides is 1. The van der Waals surface area contributed by atoms with Gasteiger partial charge in [0.25, 0.3) is 16.1 Å². The first-order chi connectivity index (χ1) is 20.1. The smallest absolute Gasteiger partial charge is 0.406 e. The third-order valence-electron chi connectivity index (χ3n) is 7.12. The molecule has 1 saturated heterocycles. The van der Waals surface area contributed by atoms with Crippen LogP contribution < -0.4 is 19.5 Å². The van der Waals surface area contributed by atoms with Gasteiger partial charge < -0.3 is 15.2 Å². The minimum absolute atomic E-state index is 0.0345. The number of anilines is 1. The number of carbonyl (C=O) groups excluding carboxylic acids is 1. The SMILES string of the molecule is Cc1cc(NS(=O)(=O)NCCCO)ccc1CCS(=O)(=O)N1CCC2(CC1)N=C(c1cccc(OC(F)(F)F)c1)NC2=O. The van der Waals surface area contributed by atoms with E-state index < -0.39 is 43.8 Å². The van der Waals surface area contributed by atoms with Crippen molar-refractivity contribution in [2.24, 2.45) is 4.99 Å². The predicted octanol–water partition coefficient (Wildman–Crippen LogP) is 1.81. The van der Waals surface area contributed by atoms with Crippen molar-refractivity contribution in [1.29, 1.82) is 0 Å². The number of aliphatic hydroxyl groups excluding tert-OH is 1. The van der Waals surface area contributed by atoms with E-state index in [0.717, 1.165) is 17.7 Å². The Morgan fingerprint density at radius 3 is 2.49 bits per heavy atom. The maximum Gasteiger partial charge on any atom is 0.573 e. The van der Waals surface area contributed by atoms with Crippen LogP contribution >= 0.6 is 0 Å². The van der Waals surface area contributed by atoms with Crippen LogP contribution in [0.25, 0.3) is 0 Å². The first-order valence-electron chi connectivity index (χ1n) is 13.3. The van der Waals surface area contributed by atoms with Crippen molar-refractivity contribution in [3.8, 4) is 5.75 Å². The summed E-state index contributed by atoms with van der Waals surface area (Å²) in [6.07, 6.45) is -4.23. The van der Waals surface area contributed by atoms with E-state index in [2.05, 4.69) is 24.5 Å². The summed E-state index contributed by atoms with van der Waals surface area (Å²) in [5.41, 5.74) is 0.715. The molecule has 0 aliphatic carbocycles. The van der Waals surface area contributed by atoms with Gasteiger partial charge in [0.15, 0.2) is 0 Å². The number of aryl methyl sites for hydroxylation is 2. The highest BCUT2D eigenvalue weighted by Gasteiger charge is 2.47. The van der Waals surface area contributed by atoms with E-state index in [-0.39, 0.29) is 69.1 Å². The van der Waals surface area contributed by atoms with Crippen LogP contribution in [-0.4, -0.2) is 81.9 Å². The van der Waals surface area contributed by atoms with Crippen molar-refractivity contribution in [2.75, 3.05) is 36.7 Å². The first-order valence-corrected chi connectivity index (χ1v) is 16.4. The highest BCUT2D eigenvalue weighted by molar-refractivity contribution is 7.90. The second-order valence-electron chi connectivity index (χ2n) is 10.2. The van der Waals surface area contributed by atoms with Gasteiger partial charge in [-0.1, -0.05) is 18.2 Å². The molecule has 0 unspecified atom stereocenters. The summed E-state index contributed by atoms with van der Waals surface area (Å²) < 4.78 is 98.2. The molecular formula is C26H32F3N5O7S2. The van der Waals surface area contributed by atoms with Crippen LogP contribution in [0.3, 0.4) is 0 Å². The molecule has 0 radical (unpaired) electrons. The molecule has 0 atom stereocenters. The first kappa shape index (κ1) is 32.7. The molecule has 12 nitrogen and oxygen atoms in total. The monoisotopic (exact) mass is 647 g/mol. The zero-order chi connectivity index (χ0) is 31.5. The number of carbonyl (C=O) groups is 1. The molecule has 1 fully saturated rings. The van der Waals surface area contributed by atoms with E-state index in [4.69, 9.17) is 5.11 Å². The topological polar surface area (TPSA) is 166 Å². The van der Waals surface area contributed by atoms with Crippen molar-refractivity contribution >= 4 is 37.7 Å². The number of amides is 1. The highest BCUT2D eigenvalue weighted by atomic mass is 32.2. The van der Waals surface area contributed by atoms with Gasteiger partial charge in [-0.05, 0) is 68.0 Å². The fourth-order valence-corrected chi connectivity index (χ4v) is 7.25. The van der Waals surface area contributed by atoms with Gasteiger partial charge in [0.05, 0.1) is 11.4 Å². The van der Waals surface area contributed by atoms with Crippen LogP contribution in [0, 0.1) is 6.92 Å². The van der Waals surface area contributed by atoms with Gasteiger partial charge in [0.2, 0.25) is 10.0 Å². The van der Waals surface area contributed by atoms with Gasteiger partial charge in [-0.15, -0.1) is 13.2 Å². The summed E-state index contributed by atoms with van der Waals surface area (Å²) >= 11 is 0. The van der Waals surface area contributed by atoms with E-state index in [1.807, 2.05) is 0 Å². The number of nitrogens with zero attached hydrogens (tertiary/aromatic N) is 2. The number of aliphatic hydroxyl groups is 1. The molecule has 1 spiro atoms. The molecular weight excluding hydrogens is 615 g/mol. The molecule has 2 aliphatic rings. The third kappa shape index (κ3) is 8.44. The molecule has 4 N–H and O–H groups in total. The van der Waals surface area contributed by atoms with E-state index in [0.29, 0.717) is 11.3 Å². The molecule has 2 heterocycles. The van der Waals surface area contributed by atoms with Crippen LogP contribution in [0.5, 0.6) is 5.75 Å². The van der Waals surface area contributed by atoms with Crippen LogP contribution in [0.1, 0.15) is 36.0 Å². The maximum atomic E-state index is 13.1. The minimum Gasteiger partial charge on any atom is -0.406 e. The van der Waals surface area contributed by atoms with E-state index in [1.54, 1.807) is 19.1 Å². The summed E-state index contributed by atoms with van der Waals surface area (Å²) in [5.74, 6) is -1.02. The largest absolute Gasteiger partial charge is 0.573 e. The lowest BCUT2D eigenvalue weighted by atomic mass is 9.89. The molecule has 1 amide bonds. The molecule has 0 aromatic heterocycles. The zero-order valence-corrected chi connectivity index (χ0v) is 24.8. The molecule has 0 bridgehead atoms. The molecule has 2 aromatic rings. The Bertz CT molecular complexity index is 1590. The number of benzene rings is 2. The molecule has 2 aliphatic heterocycles.